The van der Waals surface area contributed by atoms with Gasteiger partial charge in [0.1, 0.15) is 0 Å². The first-order valence-electron chi connectivity index (χ1n) is 11.4. The summed E-state index contributed by atoms with van der Waals surface area (Å²) in [5.41, 5.74) is 3.74. The molecule has 4 aromatic rings. The number of aliphatic hydroxyl groups excluding tert-OH is 1. The lowest BCUT2D eigenvalue weighted by Crippen LogP contribution is -2.23. The molecule has 7 nitrogen and oxygen atoms in total. The zero-order valence-corrected chi connectivity index (χ0v) is 24.7. The SMILES string of the molecule is Cc1ccc(S(=O)(=O)n2ccc3c2C(O)Cc2ccn(S(=O)(=O)c4ccc(C)cc4)c2C(Br)C3Br)cc1. The van der Waals surface area contributed by atoms with Gasteiger partial charge in [-0.2, -0.15) is 0 Å². The summed E-state index contributed by atoms with van der Waals surface area (Å²) in [4.78, 5) is -0.807. The van der Waals surface area contributed by atoms with Crippen LogP contribution in [-0.4, -0.2) is 29.9 Å². The Hall–Kier alpha value is -2.18. The number of hydrogen-bond donors (Lipinski definition) is 1. The standard InChI is InChI=1S/C26H24Br2N2O5S2/c1-16-3-7-19(8-4-16)36(32,33)29-13-11-18-15-22(31)26-21(23(27)24(28)25(18)29)12-14-30(26)37(34,35)20-9-5-17(2)6-10-20/h3-14,22-24,31H,15H2,1-2H3. The molecule has 0 radical (unpaired) electrons. The van der Waals surface area contributed by atoms with Crippen LogP contribution < -0.4 is 0 Å². The fraction of sp³-hybridized carbons (Fsp3) is 0.231. The van der Waals surface area contributed by atoms with Crippen LogP contribution in [0.15, 0.2) is 82.8 Å². The molecule has 0 amide bonds. The van der Waals surface area contributed by atoms with E-state index in [1.807, 2.05) is 13.8 Å². The van der Waals surface area contributed by atoms with E-state index in [1.165, 1.54) is 16.4 Å². The van der Waals surface area contributed by atoms with E-state index in [0.29, 0.717) is 16.8 Å². The smallest absolute Gasteiger partial charge is 0.267 e. The van der Waals surface area contributed by atoms with E-state index in [-0.39, 0.29) is 21.9 Å². The van der Waals surface area contributed by atoms with Crippen molar-refractivity contribution < 1.29 is 21.9 Å². The Morgan fingerprint density at radius 2 is 1.16 bits per heavy atom. The number of halogens is 2. The molecule has 37 heavy (non-hydrogen) atoms. The van der Waals surface area contributed by atoms with Gasteiger partial charge in [-0.25, -0.2) is 24.8 Å². The Morgan fingerprint density at radius 3 is 1.68 bits per heavy atom. The highest BCUT2D eigenvalue weighted by molar-refractivity contribution is 9.12. The third-order valence-electron chi connectivity index (χ3n) is 6.60. The average molecular weight is 668 g/mol. The van der Waals surface area contributed by atoms with Crippen LogP contribution in [0.1, 0.15) is 49.4 Å². The molecule has 0 bridgehead atoms. The number of aliphatic hydroxyl groups is 1. The highest BCUT2D eigenvalue weighted by Gasteiger charge is 2.38. The van der Waals surface area contributed by atoms with Gasteiger partial charge in [-0.1, -0.05) is 67.3 Å². The van der Waals surface area contributed by atoms with Crippen LogP contribution in [0.5, 0.6) is 0 Å². The van der Waals surface area contributed by atoms with Crippen LogP contribution in [-0.2, 0) is 26.5 Å². The largest absolute Gasteiger partial charge is 0.386 e. The van der Waals surface area contributed by atoms with Gasteiger partial charge >= 0.3 is 0 Å². The maximum atomic E-state index is 13.6. The van der Waals surface area contributed by atoms with E-state index in [9.17, 15) is 21.9 Å². The van der Waals surface area contributed by atoms with Crippen molar-refractivity contribution in [1.29, 1.82) is 0 Å². The minimum absolute atomic E-state index is 0.0357. The summed E-state index contributed by atoms with van der Waals surface area (Å²) in [6.07, 6.45) is 1.76. The molecule has 194 valence electrons. The molecule has 1 N–H and O–H groups in total. The minimum atomic E-state index is -3.97. The number of fused-ring (bicyclic) bond motifs is 2. The van der Waals surface area contributed by atoms with Crippen molar-refractivity contribution >= 4 is 51.9 Å². The fourth-order valence-electron chi connectivity index (χ4n) is 4.62. The molecule has 3 unspecified atom stereocenters. The van der Waals surface area contributed by atoms with E-state index in [4.69, 9.17) is 0 Å². The van der Waals surface area contributed by atoms with E-state index >= 15 is 0 Å². The van der Waals surface area contributed by atoms with E-state index in [0.717, 1.165) is 15.1 Å². The van der Waals surface area contributed by atoms with E-state index < -0.39 is 35.8 Å². The lowest BCUT2D eigenvalue weighted by Gasteiger charge is -2.27. The second kappa shape index (κ2) is 9.53. The zero-order valence-electron chi connectivity index (χ0n) is 19.9. The number of hydrogen-bond acceptors (Lipinski definition) is 5. The summed E-state index contributed by atoms with van der Waals surface area (Å²) in [6, 6.07) is 16.5. The van der Waals surface area contributed by atoms with Gasteiger partial charge in [0, 0.05) is 18.8 Å². The van der Waals surface area contributed by atoms with E-state index in [2.05, 4.69) is 31.9 Å². The Labute approximate surface area is 233 Å². The monoisotopic (exact) mass is 666 g/mol. The van der Waals surface area contributed by atoms with Crippen LogP contribution >= 0.6 is 31.9 Å². The highest BCUT2D eigenvalue weighted by Crippen LogP contribution is 2.49. The van der Waals surface area contributed by atoms with Crippen molar-refractivity contribution in [2.45, 2.75) is 45.8 Å². The molecule has 0 aliphatic heterocycles. The fourth-order valence-corrected chi connectivity index (χ4v) is 9.02. The molecular formula is C26H24Br2N2O5S2. The van der Waals surface area contributed by atoms with Crippen molar-refractivity contribution in [2.24, 2.45) is 0 Å². The van der Waals surface area contributed by atoms with Crippen LogP contribution in [0.4, 0.5) is 0 Å². The molecule has 1 aliphatic carbocycles. The first kappa shape index (κ1) is 26.4. The average Bonchev–Trinajstić information content (AvgIpc) is 3.48. The molecule has 0 saturated carbocycles. The summed E-state index contributed by atoms with van der Waals surface area (Å²) in [6.45, 7) is 3.76. The van der Waals surface area contributed by atoms with Gasteiger partial charge in [0.15, 0.2) is 0 Å². The summed E-state index contributed by atoms with van der Waals surface area (Å²) in [7, 11) is -7.88. The maximum absolute atomic E-state index is 13.6. The second-order valence-electron chi connectivity index (χ2n) is 9.13. The van der Waals surface area contributed by atoms with Crippen LogP contribution in [0, 0.1) is 13.8 Å². The molecule has 1 aliphatic rings. The number of aryl methyl sites for hydroxylation is 2. The van der Waals surface area contributed by atoms with Crippen molar-refractivity contribution in [2.75, 3.05) is 0 Å². The highest BCUT2D eigenvalue weighted by atomic mass is 79.9. The second-order valence-corrected chi connectivity index (χ2v) is 14.7. The van der Waals surface area contributed by atoms with Crippen LogP contribution in [0.2, 0.25) is 0 Å². The first-order valence-corrected chi connectivity index (χ1v) is 16.2. The number of alkyl halides is 2. The summed E-state index contributed by atoms with van der Waals surface area (Å²) in [5, 5.41) is 11.3. The molecule has 0 spiro atoms. The molecule has 0 saturated heterocycles. The third kappa shape index (κ3) is 4.44. The molecule has 0 fully saturated rings. The number of rotatable bonds is 4. The predicted octanol–water partition coefficient (Wildman–Crippen LogP) is 5.54. The number of benzene rings is 2. The molecule has 11 heteroatoms. The van der Waals surface area contributed by atoms with Gasteiger partial charge in [-0.15, -0.1) is 0 Å². The predicted molar refractivity (Wildman–Crippen MR) is 148 cm³/mol. The molecule has 5 rings (SSSR count). The van der Waals surface area contributed by atoms with Crippen LogP contribution in [0.3, 0.4) is 0 Å². The molecule has 3 atom stereocenters. The van der Waals surface area contributed by atoms with Crippen molar-refractivity contribution in [3.05, 3.63) is 107 Å². The van der Waals surface area contributed by atoms with Gasteiger partial charge in [-0.3, -0.25) is 0 Å². The lowest BCUT2D eigenvalue weighted by atomic mass is 9.95. The maximum Gasteiger partial charge on any atom is 0.267 e. The molecule has 2 aromatic heterocycles. The van der Waals surface area contributed by atoms with E-state index in [1.54, 1.807) is 60.7 Å². The van der Waals surface area contributed by atoms with Crippen molar-refractivity contribution in [3.8, 4) is 0 Å². The molecular weight excluding hydrogens is 644 g/mol. The van der Waals surface area contributed by atoms with Crippen LogP contribution in [0.25, 0.3) is 0 Å². The third-order valence-corrected chi connectivity index (χ3v) is 12.7. The van der Waals surface area contributed by atoms with Gasteiger partial charge in [-0.05, 0) is 61.4 Å². The Bertz CT molecular complexity index is 1690. The Morgan fingerprint density at radius 1 is 0.703 bits per heavy atom. The van der Waals surface area contributed by atoms with Crippen molar-refractivity contribution in [3.63, 3.8) is 0 Å². The van der Waals surface area contributed by atoms with Gasteiger partial charge in [0.25, 0.3) is 20.0 Å². The normalized spacial score (nSPS) is 20.1. The van der Waals surface area contributed by atoms with Gasteiger partial charge < -0.3 is 5.11 Å². The quantitative estimate of drug-likeness (QED) is 0.288. The summed E-state index contributed by atoms with van der Waals surface area (Å²) in [5.74, 6) is 0. The summed E-state index contributed by atoms with van der Waals surface area (Å²) < 4.78 is 56.5. The Kier molecular flexibility index (Phi) is 6.81. The summed E-state index contributed by atoms with van der Waals surface area (Å²) >= 11 is 7.33. The lowest BCUT2D eigenvalue weighted by molar-refractivity contribution is 0.170. The first-order chi connectivity index (χ1) is 17.4. The topological polar surface area (TPSA) is 98.4 Å². The Balaban J connectivity index is 1.61. The van der Waals surface area contributed by atoms with Gasteiger partial charge in [0.2, 0.25) is 0 Å². The zero-order chi connectivity index (χ0) is 26.7. The number of nitrogens with zero attached hydrogens (tertiary/aromatic N) is 2. The molecule has 2 heterocycles. The van der Waals surface area contributed by atoms with Crippen molar-refractivity contribution in [1.82, 2.24) is 7.94 Å². The number of aromatic nitrogens is 2. The molecule has 2 aromatic carbocycles. The van der Waals surface area contributed by atoms with Gasteiger partial charge in [0.05, 0.1) is 36.9 Å². The minimum Gasteiger partial charge on any atom is -0.386 e.